The van der Waals surface area contributed by atoms with Crippen LogP contribution in [0.1, 0.15) is 41.3 Å². The smallest absolute Gasteiger partial charge is 0.320 e. The van der Waals surface area contributed by atoms with E-state index in [0.717, 1.165) is 34.6 Å². The Kier molecular flexibility index (Phi) is 6.10. The zero-order valence-corrected chi connectivity index (χ0v) is 17.1. The topological polar surface area (TPSA) is 62.7 Å². The van der Waals surface area contributed by atoms with Gasteiger partial charge >= 0.3 is 5.97 Å². The van der Waals surface area contributed by atoms with Crippen molar-refractivity contribution in [2.45, 2.75) is 38.5 Å². The maximum absolute atomic E-state index is 11.9. The van der Waals surface area contributed by atoms with Gasteiger partial charge in [-0.1, -0.05) is 54.6 Å². The van der Waals surface area contributed by atoms with E-state index in [1.807, 2.05) is 84.8 Å². The van der Waals surface area contributed by atoms with E-state index >= 15 is 0 Å². The predicted molar refractivity (Wildman–Crippen MR) is 115 cm³/mol. The molecule has 0 bridgehead atoms. The molecule has 0 radical (unpaired) electrons. The third-order valence-electron chi connectivity index (χ3n) is 5.58. The summed E-state index contributed by atoms with van der Waals surface area (Å²) >= 11 is 0. The molecule has 0 amide bonds. The highest BCUT2D eigenvalue weighted by molar-refractivity contribution is 5.74. The van der Waals surface area contributed by atoms with Crippen LogP contribution in [0.4, 0.5) is 0 Å². The molecule has 1 saturated heterocycles. The van der Waals surface area contributed by atoms with Crippen molar-refractivity contribution in [3.8, 4) is 5.75 Å². The van der Waals surface area contributed by atoms with Crippen LogP contribution < -0.4 is 4.74 Å². The molecule has 0 spiro atoms. The maximum atomic E-state index is 11.9. The molecule has 2 unspecified atom stereocenters. The number of pyridine rings is 1. The minimum atomic E-state index is -0.785. The molecule has 5 heteroatoms. The van der Waals surface area contributed by atoms with Gasteiger partial charge in [-0.2, -0.15) is 0 Å². The molecule has 3 aromatic rings. The molecule has 1 fully saturated rings. The molecule has 1 aliphatic rings. The van der Waals surface area contributed by atoms with Crippen molar-refractivity contribution >= 4 is 5.97 Å². The largest absolute Gasteiger partial charge is 0.489 e. The molecule has 1 aromatic heterocycles. The van der Waals surface area contributed by atoms with Crippen molar-refractivity contribution in [2.75, 3.05) is 6.54 Å². The highest BCUT2D eigenvalue weighted by Crippen LogP contribution is 2.38. The van der Waals surface area contributed by atoms with Crippen molar-refractivity contribution in [1.29, 1.82) is 0 Å². The maximum Gasteiger partial charge on any atom is 0.320 e. The fourth-order valence-electron chi connectivity index (χ4n) is 4.09. The van der Waals surface area contributed by atoms with Crippen LogP contribution in [0.5, 0.6) is 5.75 Å². The summed E-state index contributed by atoms with van der Waals surface area (Å²) in [5.41, 5.74) is 3.94. The number of carbonyl (C=O) groups is 1. The van der Waals surface area contributed by atoms with E-state index in [0.29, 0.717) is 19.6 Å². The van der Waals surface area contributed by atoms with Crippen LogP contribution >= 0.6 is 0 Å². The number of rotatable bonds is 7. The van der Waals surface area contributed by atoms with E-state index < -0.39 is 12.0 Å². The van der Waals surface area contributed by atoms with Crippen LogP contribution in [0.25, 0.3) is 0 Å². The van der Waals surface area contributed by atoms with E-state index in [1.165, 1.54) is 0 Å². The van der Waals surface area contributed by atoms with Crippen molar-refractivity contribution in [2.24, 2.45) is 0 Å². The van der Waals surface area contributed by atoms with Crippen LogP contribution in [-0.4, -0.2) is 33.5 Å². The van der Waals surface area contributed by atoms with E-state index in [4.69, 9.17) is 4.74 Å². The van der Waals surface area contributed by atoms with Crippen LogP contribution in [0.15, 0.2) is 72.9 Å². The first kappa shape index (κ1) is 20.1. The molecule has 30 heavy (non-hydrogen) atoms. The summed E-state index contributed by atoms with van der Waals surface area (Å²) in [6.07, 6.45) is 3.33. The number of ether oxygens (including phenoxy) is 1. The highest BCUT2D eigenvalue weighted by atomic mass is 16.5. The number of benzene rings is 2. The van der Waals surface area contributed by atoms with E-state index in [-0.39, 0.29) is 6.04 Å². The quantitative estimate of drug-likeness (QED) is 0.625. The van der Waals surface area contributed by atoms with E-state index in [2.05, 4.69) is 4.98 Å². The molecule has 5 nitrogen and oxygen atoms in total. The molecule has 2 aromatic carbocycles. The Bertz CT molecular complexity index is 989. The number of hydrogen-bond donors (Lipinski definition) is 1. The lowest BCUT2D eigenvalue weighted by molar-refractivity contribution is -0.142. The molecule has 1 N–H and O–H groups in total. The molecule has 4 rings (SSSR count). The van der Waals surface area contributed by atoms with Crippen molar-refractivity contribution in [3.63, 3.8) is 0 Å². The second-order valence-corrected chi connectivity index (χ2v) is 7.71. The number of para-hydroxylation sites is 1. The fraction of sp³-hybridized carbons (Fsp3) is 0.280. The summed E-state index contributed by atoms with van der Waals surface area (Å²) in [5.74, 6) is -0.0305. The summed E-state index contributed by atoms with van der Waals surface area (Å²) in [4.78, 5) is 18.6. The zero-order chi connectivity index (χ0) is 20.9. The Morgan fingerprint density at radius 2 is 1.90 bits per heavy atom. The van der Waals surface area contributed by atoms with E-state index in [1.54, 1.807) is 0 Å². The Morgan fingerprint density at radius 1 is 1.13 bits per heavy atom. The Balaban J connectivity index is 1.72. The van der Waals surface area contributed by atoms with Gasteiger partial charge < -0.3 is 9.84 Å². The second kappa shape index (κ2) is 9.09. The Hall–Kier alpha value is -3.18. The Labute approximate surface area is 177 Å². The van der Waals surface area contributed by atoms with E-state index in [9.17, 15) is 9.90 Å². The van der Waals surface area contributed by atoms with Gasteiger partial charge in [-0.15, -0.1) is 0 Å². The van der Waals surface area contributed by atoms with Crippen molar-refractivity contribution in [1.82, 2.24) is 9.88 Å². The number of likely N-dealkylation sites (tertiary alicyclic amines) is 1. The average molecular weight is 402 g/mol. The van der Waals surface area contributed by atoms with Gasteiger partial charge in [0.2, 0.25) is 0 Å². The molecule has 2 atom stereocenters. The number of nitrogens with zero attached hydrogens (tertiary/aromatic N) is 2. The molecular weight excluding hydrogens is 376 g/mol. The molecule has 2 heterocycles. The van der Waals surface area contributed by atoms with Gasteiger partial charge in [-0.3, -0.25) is 14.7 Å². The second-order valence-electron chi connectivity index (χ2n) is 7.71. The van der Waals surface area contributed by atoms with Gasteiger partial charge in [0, 0.05) is 18.3 Å². The lowest BCUT2D eigenvalue weighted by Gasteiger charge is -2.32. The van der Waals surface area contributed by atoms with Crippen LogP contribution in [0.3, 0.4) is 0 Å². The number of hydrogen-bond acceptors (Lipinski definition) is 4. The molecule has 154 valence electrons. The summed E-state index contributed by atoms with van der Waals surface area (Å²) in [5, 5.41) is 9.80. The van der Waals surface area contributed by atoms with Gasteiger partial charge in [-0.25, -0.2) is 0 Å². The SMILES string of the molecule is Cc1ccc(C(c2ccccc2OCc2ccccc2)N2CCCC2C(=O)O)nc1. The lowest BCUT2D eigenvalue weighted by atomic mass is 9.98. The number of aryl methyl sites for hydroxylation is 1. The van der Waals surface area contributed by atoms with Gasteiger partial charge in [0.05, 0.1) is 11.7 Å². The third-order valence-corrected chi connectivity index (χ3v) is 5.58. The van der Waals surface area contributed by atoms with Gasteiger partial charge in [0.25, 0.3) is 0 Å². The number of carboxylic acids is 1. The summed E-state index contributed by atoms with van der Waals surface area (Å²) in [6, 6.07) is 21.1. The predicted octanol–water partition coefficient (Wildman–Crippen LogP) is 4.61. The van der Waals surface area contributed by atoms with Gasteiger partial charge in [0.15, 0.2) is 0 Å². The number of carboxylic acid groups (broad SMARTS) is 1. The molecular formula is C25H26N2O3. The molecule has 0 saturated carbocycles. The number of aromatic nitrogens is 1. The minimum absolute atomic E-state index is 0.277. The van der Waals surface area contributed by atoms with Crippen molar-refractivity contribution < 1.29 is 14.6 Å². The highest BCUT2D eigenvalue weighted by Gasteiger charge is 2.38. The molecule has 0 aliphatic carbocycles. The standard InChI is InChI=1S/C25H26N2O3/c1-18-13-14-21(26-16-18)24(27-15-7-11-22(27)25(28)29)20-10-5-6-12-23(20)30-17-19-8-3-2-4-9-19/h2-6,8-10,12-14,16,22,24H,7,11,15,17H2,1H3,(H,28,29). The Morgan fingerprint density at radius 3 is 2.63 bits per heavy atom. The van der Waals surface area contributed by atoms with Crippen LogP contribution in [0.2, 0.25) is 0 Å². The first-order chi connectivity index (χ1) is 14.6. The lowest BCUT2D eigenvalue weighted by Crippen LogP contribution is -2.39. The first-order valence-electron chi connectivity index (χ1n) is 10.3. The molecule has 1 aliphatic heterocycles. The van der Waals surface area contributed by atoms with Crippen LogP contribution in [-0.2, 0) is 11.4 Å². The zero-order valence-electron chi connectivity index (χ0n) is 17.1. The van der Waals surface area contributed by atoms with Crippen LogP contribution in [0, 0.1) is 6.92 Å². The van der Waals surface area contributed by atoms with Gasteiger partial charge in [0.1, 0.15) is 18.4 Å². The summed E-state index contributed by atoms with van der Waals surface area (Å²) < 4.78 is 6.20. The number of aliphatic carboxylic acids is 1. The monoisotopic (exact) mass is 402 g/mol. The first-order valence-corrected chi connectivity index (χ1v) is 10.3. The summed E-state index contributed by atoms with van der Waals surface area (Å²) in [7, 11) is 0. The minimum Gasteiger partial charge on any atom is -0.489 e. The average Bonchev–Trinajstić information content (AvgIpc) is 3.25. The summed E-state index contributed by atoms with van der Waals surface area (Å²) in [6.45, 7) is 3.16. The fourth-order valence-corrected chi connectivity index (χ4v) is 4.09. The normalized spacial score (nSPS) is 17.6. The van der Waals surface area contributed by atoms with Gasteiger partial charge in [-0.05, 0) is 43.0 Å². The third kappa shape index (κ3) is 4.36. The van der Waals surface area contributed by atoms with Crippen molar-refractivity contribution in [3.05, 3.63) is 95.3 Å².